The summed E-state index contributed by atoms with van der Waals surface area (Å²) in [7, 11) is -4.24. The molecule has 0 aromatic heterocycles. The second-order valence-corrected chi connectivity index (χ2v) is 10.5. The van der Waals surface area contributed by atoms with Crippen molar-refractivity contribution < 1.29 is 18.0 Å². The molecule has 11 heteroatoms. The lowest BCUT2D eigenvalue weighted by Crippen LogP contribution is -2.52. The molecule has 38 heavy (non-hydrogen) atoms. The van der Waals surface area contributed by atoms with E-state index in [1.807, 2.05) is 60.7 Å². The van der Waals surface area contributed by atoms with Crippen LogP contribution < -0.4 is 20.5 Å². The average molecular weight is 535 g/mol. The van der Waals surface area contributed by atoms with Crippen LogP contribution in [0.25, 0.3) is 0 Å². The molecule has 5 N–H and O–H groups in total. The van der Waals surface area contributed by atoms with E-state index in [0.717, 1.165) is 24.1 Å². The molecule has 2 aromatic carbocycles. The van der Waals surface area contributed by atoms with E-state index in [0.29, 0.717) is 12.0 Å². The summed E-state index contributed by atoms with van der Waals surface area (Å²) >= 11 is 0. The summed E-state index contributed by atoms with van der Waals surface area (Å²) in [5.41, 5.74) is 2.39. The molecule has 2 aliphatic heterocycles. The smallest absolute Gasteiger partial charge is 0.275 e. The average Bonchev–Trinajstić information content (AvgIpc) is 3.46. The van der Waals surface area contributed by atoms with Crippen molar-refractivity contribution in [2.75, 3.05) is 19.6 Å². The number of nitrogens with two attached hydrogens (primary N) is 1. The highest BCUT2D eigenvalue weighted by molar-refractivity contribution is 7.87. The first-order chi connectivity index (χ1) is 18.3. The predicted octanol–water partition coefficient (Wildman–Crippen LogP) is 1.02. The minimum Gasteiger partial charge on any atom is -0.351 e. The summed E-state index contributed by atoms with van der Waals surface area (Å²) in [5.74, 6) is -1.43. The third-order valence-corrected chi connectivity index (χ3v) is 7.16. The Bertz CT molecular complexity index is 1320. The standard InChI is InChI=1S/C27H30N6O4S/c28-16-22-14-13-19(18-33(22)27(35)23-12-7-15-30-23)17-31-26(34)25(32-38(29,36)37)24(20-8-3-1-4-9-20)21-10-5-2-6-11-21/h1-6,8-11,13-14,23-25,30,32H,7,12,15,17-18H2,(H,31,34)(H2,29,36,37)/t23-,25+/m0/s1. The fourth-order valence-corrected chi connectivity index (χ4v) is 5.38. The quantitative estimate of drug-likeness (QED) is 0.376. The van der Waals surface area contributed by atoms with Crippen LogP contribution >= 0.6 is 0 Å². The van der Waals surface area contributed by atoms with E-state index in [4.69, 9.17) is 5.14 Å². The highest BCUT2D eigenvalue weighted by atomic mass is 32.2. The molecular weight excluding hydrogens is 504 g/mol. The maximum absolute atomic E-state index is 13.5. The number of nitrogens with one attached hydrogen (secondary N) is 3. The number of carbonyl (C=O) groups excluding carboxylic acids is 2. The van der Waals surface area contributed by atoms with Crippen LogP contribution in [0.4, 0.5) is 0 Å². The van der Waals surface area contributed by atoms with E-state index in [1.165, 1.54) is 4.90 Å². The number of nitriles is 1. The molecule has 0 radical (unpaired) electrons. The van der Waals surface area contributed by atoms with Gasteiger partial charge in [-0.2, -0.15) is 18.4 Å². The van der Waals surface area contributed by atoms with Gasteiger partial charge in [-0.25, -0.2) is 5.14 Å². The van der Waals surface area contributed by atoms with E-state index in [9.17, 15) is 23.3 Å². The molecule has 0 aliphatic carbocycles. The molecule has 2 heterocycles. The van der Waals surface area contributed by atoms with Crippen molar-refractivity contribution in [3.05, 3.63) is 95.2 Å². The number of allylic oxidation sites excluding steroid dienone is 3. The molecule has 1 fully saturated rings. The highest BCUT2D eigenvalue weighted by Gasteiger charge is 2.34. The summed E-state index contributed by atoms with van der Waals surface area (Å²) in [6, 6.07) is 18.7. The number of hydrogen-bond acceptors (Lipinski definition) is 6. The van der Waals surface area contributed by atoms with E-state index in [-0.39, 0.29) is 30.7 Å². The number of amides is 2. The van der Waals surface area contributed by atoms with Gasteiger partial charge < -0.3 is 10.6 Å². The lowest BCUT2D eigenvalue weighted by molar-refractivity contribution is -0.130. The highest BCUT2D eigenvalue weighted by Crippen LogP contribution is 2.29. The molecule has 1 saturated heterocycles. The molecular formula is C27H30N6O4S. The maximum Gasteiger partial charge on any atom is 0.275 e. The lowest BCUT2D eigenvalue weighted by Gasteiger charge is -2.30. The van der Waals surface area contributed by atoms with Gasteiger partial charge in [-0.1, -0.05) is 66.7 Å². The monoisotopic (exact) mass is 534 g/mol. The van der Waals surface area contributed by atoms with Gasteiger partial charge in [0.25, 0.3) is 10.2 Å². The first kappa shape index (κ1) is 27.2. The van der Waals surface area contributed by atoms with Crippen molar-refractivity contribution >= 4 is 22.0 Å². The van der Waals surface area contributed by atoms with Crippen LogP contribution in [0.1, 0.15) is 29.9 Å². The molecule has 0 unspecified atom stereocenters. The molecule has 2 amide bonds. The van der Waals surface area contributed by atoms with Crippen LogP contribution in [-0.2, 0) is 19.8 Å². The van der Waals surface area contributed by atoms with E-state index in [2.05, 4.69) is 21.4 Å². The van der Waals surface area contributed by atoms with Gasteiger partial charge in [-0.3, -0.25) is 14.5 Å². The van der Waals surface area contributed by atoms with Crippen molar-refractivity contribution in [1.82, 2.24) is 20.3 Å². The Hall–Kier alpha value is -3.82. The van der Waals surface area contributed by atoms with Gasteiger partial charge in [0.15, 0.2) is 0 Å². The first-order valence-corrected chi connectivity index (χ1v) is 13.8. The number of nitrogens with zero attached hydrogens (tertiary/aromatic N) is 2. The Morgan fingerprint density at radius 1 is 1.08 bits per heavy atom. The van der Waals surface area contributed by atoms with E-state index < -0.39 is 28.1 Å². The number of benzene rings is 2. The second kappa shape index (κ2) is 12.1. The first-order valence-electron chi connectivity index (χ1n) is 12.3. The Kier molecular flexibility index (Phi) is 8.70. The fraction of sp³-hybridized carbons (Fsp3) is 0.296. The SMILES string of the molecule is N#CC1=CC=C(CNC(=O)[C@H](NS(N)(=O)=O)C(c2ccccc2)c2ccccc2)CN1C(=O)[C@@H]1CCCN1. The Balaban J connectivity index is 1.56. The normalized spacial score (nSPS) is 18.3. The minimum absolute atomic E-state index is 0.0506. The number of carbonyl (C=O) groups is 2. The molecule has 2 aliphatic rings. The molecule has 2 aromatic rings. The summed E-state index contributed by atoms with van der Waals surface area (Å²) < 4.78 is 26.5. The van der Waals surface area contributed by atoms with Gasteiger partial charge in [-0.15, -0.1) is 0 Å². The zero-order valence-electron chi connectivity index (χ0n) is 20.7. The van der Waals surface area contributed by atoms with Gasteiger partial charge >= 0.3 is 0 Å². The fourth-order valence-electron chi connectivity index (χ4n) is 4.78. The van der Waals surface area contributed by atoms with Crippen molar-refractivity contribution in [3.8, 4) is 6.07 Å². The van der Waals surface area contributed by atoms with Crippen LogP contribution in [0, 0.1) is 11.3 Å². The summed E-state index contributed by atoms with van der Waals surface area (Å²) in [6.45, 7) is 0.941. The molecule has 2 atom stereocenters. The molecule has 10 nitrogen and oxygen atoms in total. The molecule has 0 bridgehead atoms. The lowest BCUT2D eigenvalue weighted by atomic mass is 9.85. The third-order valence-electron chi connectivity index (χ3n) is 6.58. The third kappa shape index (κ3) is 6.73. The number of rotatable bonds is 9. The van der Waals surface area contributed by atoms with Gasteiger partial charge in [0, 0.05) is 19.0 Å². The zero-order chi connectivity index (χ0) is 27.1. The summed E-state index contributed by atoms with van der Waals surface area (Å²) in [6.07, 6.45) is 4.83. The van der Waals surface area contributed by atoms with Gasteiger partial charge in [0.1, 0.15) is 17.8 Å². The molecule has 4 rings (SSSR count). The van der Waals surface area contributed by atoms with Crippen LogP contribution in [0.2, 0.25) is 0 Å². The predicted molar refractivity (Wildman–Crippen MR) is 142 cm³/mol. The second-order valence-electron chi connectivity index (χ2n) is 9.22. The number of hydrogen-bond donors (Lipinski definition) is 4. The van der Waals surface area contributed by atoms with Crippen LogP contribution in [-0.4, -0.2) is 56.9 Å². The van der Waals surface area contributed by atoms with E-state index in [1.54, 1.807) is 12.2 Å². The van der Waals surface area contributed by atoms with Gasteiger partial charge in [-0.05, 0) is 42.2 Å². The Labute approximate surface area is 222 Å². The zero-order valence-corrected chi connectivity index (χ0v) is 21.5. The Morgan fingerprint density at radius 3 is 2.24 bits per heavy atom. The van der Waals surface area contributed by atoms with Crippen LogP contribution in [0.3, 0.4) is 0 Å². The molecule has 198 valence electrons. The molecule has 0 spiro atoms. The summed E-state index contributed by atoms with van der Waals surface area (Å²) in [5, 5.41) is 20.8. The van der Waals surface area contributed by atoms with Crippen LogP contribution in [0.15, 0.2) is 84.1 Å². The van der Waals surface area contributed by atoms with Crippen LogP contribution in [0.5, 0.6) is 0 Å². The van der Waals surface area contributed by atoms with Crippen molar-refractivity contribution in [2.45, 2.75) is 30.8 Å². The van der Waals surface area contributed by atoms with Gasteiger partial charge in [0.05, 0.1) is 6.04 Å². The van der Waals surface area contributed by atoms with Gasteiger partial charge in [0.2, 0.25) is 11.8 Å². The summed E-state index contributed by atoms with van der Waals surface area (Å²) in [4.78, 5) is 27.9. The van der Waals surface area contributed by atoms with Crippen molar-refractivity contribution in [1.29, 1.82) is 5.26 Å². The minimum atomic E-state index is -4.24. The Morgan fingerprint density at radius 2 is 1.71 bits per heavy atom. The van der Waals surface area contributed by atoms with Crippen molar-refractivity contribution in [3.63, 3.8) is 0 Å². The topological polar surface area (TPSA) is 157 Å². The molecule has 0 saturated carbocycles. The maximum atomic E-state index is 13.5. The van der Waals surface area contributed by atoms with E-state index >= 15 is 0 Å². The largest absolute Gasteiger partial charge is 0.351 e. The van der Waals surface area contributed by atoms with Crippen molar-refractivity contribution in [2.24, 2.45) is 5.14 Å².